The summed E-state index contributed by atoms with van der Waals surface area (Å²) in [6.45, 7) is 1.27. The average molecular weight is 331 g/mol. The molecule has 1 aromatic rings. The molecule has 0 spiro atoms. The Morgan fingerprint density at radius 1 is 1.43 bits per heavy atom. The molecular weight excluding hydrogens is 318 g/mol. The van der Waals surface area contributed by atoms with Crippen molar-refractivity contribution in [3.63, 3.8) is 0 Å². The van der Waals surface area contributed by atoms with E-state index in [9.17, 15) is 22.8 Å². The molecular formula is C11H13N3O5S2. The molecule has 1 aromatic heterocycles. The van der Waals surface area contributed by atoms with Gasteiger partial charge in [0.05, 0.1) is 0 Å². The van der Waals surface area contributed by atoms with Crippen molar-refractivity contribution < 1.29 is 22.8 Å². The second-order valence-corrected chi connectivity index (χ2v) is 7.02. The molecule has 10 heteroatoms. The van der Waals surface area contributed by atoms with Gasteiger partial charge >= 0.3 is 0 Å². The highest BCUT2D eigenvalue weighted by Gasteiger charge is 2.32. The summed E-state index contributed by atoms with van der Waals surface area (Å²) in [6.07, 6.45) is 0.171. The molecule has 21 heavy (non-hydrogen) atoms. The van der Waals surface area contributed by atoms with Crippen LogP contribution in [-0.2, 0) is 24.4 Å². The number of carbonyl (C=O) groups excluding carboxylic acids is 3. The maximum absolute atomic E-state index is 12.3. The fourth-order valence-corrected chi connectivity index (χ4v) is 4.37. The monoisotopic (exact) mass is 331 g/mol. The average Bonchev–Trinajstić information content (AvgIpc) is 2.81. The Kier molecular flexibility index (Phi) is 4.40. The van der Waals surface area contributed by atoms with E-state index in [0.717, 1.165) is 11.3 Å². The summed E-state index contributed by atoms with van der Waals surface area (Å²) < 4.78 is 26.8. The molecule has 0 aliphatic carbocycles. The molecule has 1 fully saturated rings. The lowest BCUT2D eigenvalue weighted by atomic mass is 10.1. The quantitative estimate of drug-likeness (QED) is 0.659. The van der Waals surface area contributed by atoms with Crippen LogP contribution in [0.3, 0.4) is 0 Å². The molecule has 1 unspecified atom stereocenters. The van der Waals surface area contributed by atoms with Gasteiger partial charge in [0.15, 0.2) is 0 Å². The molecule has 1 atom stereocenters. The first-order valence-corrected chi connectivity index (χ1v) is 8.37. The molecule has 114 valence electrons. The number of imide groups is 1. The van der Waals surface area contributed by atoms with Gasteiger partial charge in [-0.25, -0.2) is 8.42 Å². The summed E-state index contributed by atoms with van der Waals surface area (Å²) in [5.74, 6) is -1.49. The molecule has 3 amide bonds. The number of thiophene rings is 1. The second-order valence-electron chi connectivity index (χ2n) is 4.42. The van der Waals surface area contributed by atoms with E-state index in [1.54, 1.807) is 0 Å². The van der Waals surface area contributed by atoms with E-state index in [1.807, 2.05) is 0 Å². The fraction of sp³-hybridized carbons (Fsp3) is 0.364. The van der Waals surface area contributed by atoms with Crippen LogP contribution in [0.2, 0.25) is 0 Å². The van der Waals surface area contributed by atoms with Gasteiger partial charge in [-0.1, -0.05) is 0 Å². The van der Waals surface area contributed by atoms with Crippen molar-refractivity contribution in [3.05, 3.63) is 11.4 Å². The molecule has 0 radical (unpaired) electrons. The topological polar surface area (TPSA) is 121 Å². The number of sulfonamides is 1. The van der Waals surface area contributed by atoms with Gasteiger partial charge in [-0.15, -0.1) is 11.3 Å². The van der Waals surface area contributed by atoms with Gasteiger partial charge in [0.2, 0.25) is 27.7 Å². The first-order chi connectivity index (χ1) is 9.79. The minimum atomic E-state index is -3.97. The lowest BCUT2D eigenvalue weighted by Crippen LogP contribution is -2.52. The first kappa shape index (κ1) is 15.6. The number of hydrogen-bond acceptors (Lipinski definition) is 6. The first-order valence-electron chi connectivity index (χ1n) is 6.00. The van der Waals surface area contributed by atoms with Crippen molar-refractivity contribution in [2.45, 2.75) is 30.7 Å². The van der Waals surface area contributed by atoms with Crippen LogP contribution in [0.15, 0.2) is 16.3 Å². The fourth-order valence-electron chi connectivity index (χ4n) is 1.82. The van der Waals surface area contributed by atoms with Crippen molar-refractivity contribution in [3.8, 4) is 0 Å². The van der Waals surface area contributed by atoms with Crippen LogP contribution in [-0.4, -0.2) is 32.2 Å². The minimum absolute atomic E-state index is 0.0706. The number of carbonyl (C=O) groups is 3. The summed E-state index contributed by atoms with van der Waals surface area (Å²) in [5.41, 5.74) is 0. The van der Waals surface area contributed by atoms with E-state index in [0.29, 0.717) is 0 Å². The van der Waals surface area contributed by atoms with E-state index in [1.165, 1.54) is 18.4 Å². The van der Waals surface area contributed by atoms with Gasteiger partial charge in [0, 0.05) is 13.3 Å². The zero-order valence-electron chi connectivity index (χ0n) is 11.0. The number of amides is 3. The molecule has 1 aliphatic heterocycles. The highest BCUT2D eigenvalue weighted by atomic mass is 32.2. The normalized spacial score (nSPS) is 19.2. The van der Waals surface area contributed by atoms with Gasteiger partial charge in [0.1, 0.15) is 15.9 Å². The zero-order valence-corrected chi connectivity index (χ0v) is 12.6. The Labute approximate surface area is 125 Å². The van der Waals surface area contributed by atoms with E-state index in [-0.39, 0.29) is 22.7 Å². The summed E-state index contributed by atoms with van der Waals surface area (Å²) in [4.78, 5) is 33.6. The third-order valence-corrected chi connectivity index (χ3v) is 5.22. The van der Waals surface area contributed by atoms with Crippen LogP contribution in [0.4, 0.5) is 5.00 Å². The molecule has 0 saturated carbocycles. The highest BCUT2D eigenvalue weighted by Crippen LogP contribution is 2.28. The number of nitrogens with one attached hydrogen (secondary N) is 3. The van der Waals surface area contributed by atoms with Crippen LogP contribution < -0.4 is 15.4 Å². The van der Waals surface area contributed by atoms with Crippen molar-refractivity contribution in [2.75, 3.05) is 5.32 Å². The molecule has 2 heterocycles. The maximum Gasteiger partial charge on any atom is 0.244 e. The molecule has 1 aliphatic rings. The third-order valence-electron chi connectivity index (χ3n) is 2.74. The van der Waals surface area contributed by atoms with Crippen LogP contribution >= 0.6 is 11.3 Å². The smallest absolute Gasteiger partial charge is 0.244 e. The SMILES string of the molecule is CC(=O)Nc1sccc1S(=O)(=O)NC1CCC(=O)NC1=O. The Morgan fingerprint density at radius 2 is 2.14 bits per heavy atom. The van der Waals surface area contributed by atoms with E-state index >= 15 is 0 Å². The van der Waals surface area contributed by atoms with E-state index in [4.69, 9.17) is 0 Å². The largest absolute Gasteiger partial charge is 0.317 e. The molecule has 0 bridgehead atoms. The Hall–Kier alpha value is -1.78. The van der Waals surface area contributed by atoms with Crippen molar-refractivity contribution >= 4 is 44.1 Å². The summed E-state index contributed by atoms with van der Waals surface area (Å²) in [5, 5.41) is 6.19. The Balaban J connectivity index is 2.19. The Morgan fingerprint density at radius 3 is 2.76 bits per heavy atom. The molecule has 2 rings (SSSR count). The van der Waals surface area contributed by atoms with E-state index in [2.05, 4.69) is 15.4 Å². The number of piperidine rings is 1. The molecule has 1 saturated heterocycles. The van der Waals surface area contributed by atoms with E-state index < -0.39 is 33.8 Å². The Bertz CT molecular complexity index is 694. The van der Waals surface area contributed by atoms with Gasteiger partial charge in [-0.2, -0.15) is 4.72 Å². The summed E-state index contributed by atoms with van der Waals surface area (Å²) in [7, 11) is -3.97. The molecule has 0 aromatic carbocycles. The lowest BCUT2D eigenvalue weighted by Gasteiger charge is -2.21. The number of rotatable bonds is 4. The zero-order chi connectivity index (χ0) is 15.6. The van der Waals surface area contributed by atoms with Crippen molar-refractivity contribution in [2.24, 2.45) is 0 Å². The molecule has 3 N–H and O–H groups in total. The van der Waals surface area contributed by atoms with Gasteiger partial charge < -0.3 is 5.32 Å². The summed E-state index contributed by atoms with van der Waals surface area (Å²) in [6, 6.07) is 0.335. The lowest BCUT2D eigenvalue weighted by molar-refractivity contribution is -0.134. The standard InChI is InChI=1S/C11H13N3O5S2/c1-6(15)12-11-8(4-5-20-11)21(18,19)14-7-2-3-9(16)13-10(7)17/h4-5,7,14H,2-3H2,1H3,(H,12,15)(H,13,16,17). The molecule has 8 nitrogen and oxygen atoms in total. The minimum Gasteiger partial charge on any atom is -0.317 e. The number of hydrogen-bond donors (Lipinski definition) is 3. The van der Waals surface area contributed by atoms with Crippen LogP contribution in [0.5, 0.6) is 0 Å². The van der Waals surface area contributed by atoms with Crippen LogP contribution in [0, 0.1) is 0 Å². The van der Waals surface area contributed by atoms with Gasteiger partial charge in [0.25, 0.3) is 0 Å². The number of anilines is 1. The third kappa shape index (κ3) is 3.65. The van der Waals surface area contributed by atoms with Crippen molar-refractivity contribution in [1.29, 1.82) is 0 Å². The van der Waals surface area contributed by atoms with Gasteiger partial charge in [-0.05, 0) is 17.9 Å². The maximum atomic E-state index is 12.3. The second kappa shape index (κ2) is 5.92. The van der Waals surface area contributed by atoms with Crippen molar-refractivity contribution in [1.82, 2.24) is 10.0 Å². The van der Waals surface area contributed by atoms with Crippen LogP contribution in [0.1, 0.15) is 19.8 Å². The summed E-state index contributed by atoms with van der Waals surface area (Å²) >= 11 is 1.06. The van der Waals surface area contributed by atoms with Crippen LogP contribution in [0.25, 0.3) is 0 Å². The van der Waals surface area contributed by atoms with Gasteiger partial charge in [-0.3, -0.25) is 19.7 Å². The predicted molar refractivity (Wildman–Crippen MR) is 75.1 cm³/mol. The predicted octanol–water partition coefficient (Wildman–Crippen LogP) is -0.210. The highest BCUT2D eigenvalue weighted by molar-refractivity contribution is 7.90.